The van der Waals surface area contributed by atoms with Crippen LogP contribution in [0.3, 0.4) is 0 Å². The fourth-order valence-corrected chi connectivity index (χ4v) is 2.81. The molecule has 0 spiro atoms. The van der Waals surface area contributed by atoms with Crippen LogP contribution in [0, 0.1) is 0 Å². The highest BCUT2D eigenvalue weighted by Crippen LogP contribution is 2.25. The fraction of sp³-hybridized carbons (Fsp3) is 0.227. The van der Waals surface area contributed by atoms with Crippen LogP contribution in [0.25, 0.3) is 0 Å². The van der Waals surface area contributed by atoms with Gasteiger partial charge in [-0.05, 0) is 31.5 Å². The molecule has 144 valence electrons. The van der Waals surface area contributed by atoms with Crippen LogP contribution in [-0.4, -0.2) is 33.9 Å². The van der Waals surface area contributed by atoms with Gasteiger partial charge < -0.3 is 15.0 Å². The maximum atomic E-state index is 13.0. The maximum absolute atomic E-state index is 13.0. The Balaban J connectivity index is 1.74. The average Bonchev–Trinajstić information content (AvgIpc) is 2.73. The molecule has 1 heterocycles. The van der Waals surface area contributed by atoms with Gasteiger partial charge in [-0.3, -0.25) is 4.79 Å². The first kappa shape index (κ1) is 19.4. The van der Waals surface area contributed by atoms with E-state index in [0.29, 0.717) is 23.8 Å². The molecule has 0 fully saturated rings. The summed E-state index contributed by atoms with van der Waals surface area (Å²) in [4.78, 5) is 23.4. The first-order valence-electron chi connectivity index (χ1n) is 9.15. The van der Waals surface area contributed by atoms with Crippen molar-refractivity contribution in [2.75, 3.05) is 12.4 Å². The monoisotopic (exact) mass is 376 g/mol. The number of anilines is 2. The highest BCUT2D eigenvalue weighted by Gasteiger charge is 2.20. The number of carbonyl (C=O) groups excluding carboxylic acids is 1. The van der Waals surface area contributed by atoms with Gasteiger partial charge in [0.05, 0.1) is 18.4 Å². The molecule has 28 heavy (non-hydrogen) atoms. The Morgan fingerprint density at radius 1 is 1.04 bits per heavy atom. The minimum absolute atomic E-state index is 0.0547. The topological polar surface area (TPSA) is 67.3 Å². The molecular formula is C22H24N4O2. The van der Waals surface area contributed by atoms with E-state index in [1.54, 1.807) is 24.4 Å². The van der Waals surface area contributed by atoms with Crippen molar-refractivity contribution >= 4 is 17.5 Å². The Morgan fingerprint density at radius 3 is 2.32 bits per heavy atom. The van der Waals surface area contributed by atoms with Crippen molar-refractivity contribution < 1.29 is 9.53 Å². The fourth-order valence-electron chi connectivity index (χ4n) is 2.81. The highest BCUT2D eigenvalue weighted by atomic mass is 16.5. The lowest BCUT2D eigenvalue weighted by molar-refractivity contribution is 0.0689. The van der Waals surface area contributed by atoms with Crippen molar-refractivity contribution in [1.29, 1.82) is 0 Å². The predicted octanol–water partition coefficient (Wildman–Crippen LogP) is 4.28. The van der Waals surface area contributed by atoms with Crippen molar-refractivity contribution in [3.8, 4) is 5.75 Å². The molecule has 0 aliphatic carbocycles. The number of amides is 1. The summed E-state index contributed by atoms with van der Waals surface area (Å²) in [5, 5.41) is 3.11. The summed E-state index contributed by atoms with van der Waals surface area (Å²) in [6.45, 7) is 4.54. The number of nitrogens with one attached hydrogen (secondary N) is 1. The number of para-hydroxylation sites is 2. The lowest BCUT2D eigenvalue weighted by Crippen LogP contribution is -2.36. The number of hydrogen-bond donors (Lipinski definition) is 1. The first-order valence-corrected chi connectivity index (χ1v) is 9.15. The molecule has 3 aromatic rings. The third-order valence-corrected chi connectivity index (χ3v) is 4.33. The molecule has 1 amide bonds. The normalized spacial score (nSPS) is 10.6. The van der Waals surface area contributed by atoms with Gasteiger partial charge in [0.15, 0.2) is 0 Å². The van der Waals surface area contributed by atoms with Gasteiger partial charge in [-0.1, -0.05) is 42.5 Å². The van der Waals surface area contributed by atoms with Crippen LogP contribution in [0.15, 0.2) is 67.0 Å². The van der Waals surface area contributed by atoms with Crippen molar-refractivity contribution in [3.63, 3.8) is 0 Å². The van der Waals surface area contributed by atoms with E-state index in [1.165, 1.54) is 0 Å². The number of methoxy groups -OCH3 is 1. The summed E-state index contributed by atoms with van der Waals surface area (Å²) in [6.07, 6.45) is 3.10. The Hall–Kier alpha value is -3.41. The van der Waals surface area contributed by atoms with Crippen LogP contribution in [0.2, 0.25) is 0 Å². The van der Waals surface area contributed by atoms with Gasteiger partial charge in [0.1, 0.15) is 5.75 Å². The van der Waals surface area contributed by atoms with Gasteiger partial charge in [-0.15, -0.1) is 0 Å². The van der Waals surface area contributed by atoms with E-state index in [2.05, 4.69) is 15.3 Å². The highest BCUT2D eigenvalue weighted by molar-refractivity contribution is 5.94. The lowest BCUT2D eigenvalue weighted by atomic mass is 10.1. The van der Waals surface area contributed by atoms with E-state index in [1.807, 2.05) is 68.4 Å². The zero-order valence-electron chi connectivity index (χ0n) is 16.3. The molecule has 3 rings (SSSR count). The van der Waals surface area contributed by atoms with Crippen LogP contribution in [0.1, 0.15) is 29.8 Å². The maximum Gasteiger partial charge on any atom is 0.257 e. The van der Waals surface area contributed by atoms with Gasteiger partial charge in [0, 0.05) is 25.0 Å². The molecule has 0 bridgehead atoms. The molecule has 0 aliphatic rings. The minimum atomic E-state index is -0.0947. The Kier molecular flexibility index (Phi) is 6.22. The summed E-state index contributed by atoms with van der Waals surface area (Å²) in [6, 6.07) is 17.5. The van der Waals surface area contributed by atoms with E-state index >= 15 is 0 Å². The first-order chi connectivity index (χ1) is 13.6. The number of benzene rings is 2. The third-order valence-electron chi connectivity index (χ3n) is 4.33. The standard InChI is InChI=1S/C22H24N4O2/c1-16(2)26(15-17-9-5-4-6-10-17)21(27)18-13-23-22(24-14-18)25-19-11-7-8-12-20(19)28-3/h4-14,16H,15H2,1-3H3,(H,23,24,25). The third kappa shape index (κ3) is 4.65. The molecule has 6 heteroatoms. The second-order valence-corrected chi connectivity index (χ2v) is 6.63. The molecule has 1 N–H and O–H groups in total. The van der Waals surface area contributed by atoms with Crippen LogP contribution in [0.5, 0.6) is 5.75 Å². The second-order valence-electron chi connectivity index (χ2n) is 6.63. The summed E-state index contributed by atoms with van der Waals surface area (Å²) < 4.78 is 5.32. The van der Waals surface area contributed by atoms with Crippen molar-refractivity contribution in [2.45, 2.75) is 26.4 Å². The average molecular weight is 376 g/mol. The molecule has 0 unspecified atom stereocenters. The van der Waals surface area contributed by atoms with Crippen LogP contribution < -0.4 is 10.1 Å². The molecule has 2 aromatic carbocycles. The zero-order valence-corrected chi connectivity index (χ0v) is 16.3. The van der Waals surface area contributed by atoms with Gasteiger partial charge in [0.2, 0.25) is 5.95 Å². The van der Waals surface area contributed by atoms with Crippen LogP contribution in [0.4, 0.5) is 11.6 Å². The molecular weight excluding hydrogens is 352 g/mol. The van der Waals surface area contributed by atoms with E-state index in [0.717, 1.165) is 11.3 Å². The molecule has 0 saturated heterocycles. The van der Waals surface area contributed by atoms with Gasteiger partial charge >= 0.3 is 0 Å². The van der Waals surface area contributed by atoms with E-state index < -0.39 is 0 Å². The predicted molar refractivity (Wildman–Crippen MR) is 110 cm³/mol. The Bertz CT molecular complexity index is 911. The Morgan fingerprint density at radius 2 is 1.68 bits per heavy atom. The summed E-state index contributed by atoms with van der Waals surface area (Å²) in [5.41, 5.74) is 2.30. The summed E-state index contributed by atoms with van der Waals surface area (Å²) in [7, 11) is 1.61. The summed E-state index contributed by atoms with van der Waals surface area (Å²) >= 11 is 0. The van der Waals surface area contributed by atoms with Crippen LogP contribution >= 0.6 is 0 Å². The van der Waals surface area contributed by atoms with Crippen molar-refractivity contribution in [1.82, 2.24) is 14.9 Å². The zero-order chi connectivity index (χ0) is 19.9. The molecule has 0 aliphatic heterocycles. The second kappa shape index (κ2) is 8.99. The van der Waals surface area contributed by atoms with Gasteiger partial charge in [0.25, 0.3) is 5.91 Å². The molecule has 0 radical (unpaired) electrons. The smallest absolute Gasteiger partial charge is 0.257 e. The number of rotatable bonds is 7. The molecule has 6 nitrogen and oxygen atoms in total. The minimum Gasteiger partial charge on any atom is -0.495 e. The SMILES string of the molecule is COc1ccccc1Nc1ncc(C(=O)N(Cc2ccccc2)C(C)C)cn1. The number of nitrogens with zero attached hydrogens (tertiary/aromatic N) is 3. The number of aromatic nitrogens is 2. The van der Waals surface area contributed by atoms with Gasteiger partial charge in [-0.2, -0.15) is 0 Å². The quantitative estimate of drug-likeness (QED) is 0.667. The van der Waals surface area contributed by atoms with Gasteiger partial charge in [-0.25, -0.2) is 9.97 Å². The number of carbonyl (C=O) groups is 1. The van der Waals surface area contributed by atoms with E-state index in [4.69, 9.17) is 4.74 Å². The number of hydrogen-bond acceptors (Lipinski definition) is 5. The number of ether oxygens (including phenoxy) is 1. The van der Waals surface area contributed by atoms with E-state index in [-0.39, 0.29) is 11.9 Å². The summed E-state index contributed by atoms with van der Waals surface area (Å²) in [5.74, 6) is 1.00. The van der Waals surface area contributed by atoms with Crippen molar-refractivity contribution in [3.05, 3.63) is 78.1 Å². The lowest BCUT2D eigenvalue weighted by Gasteiger charge is -2.26. The molecule has 0 saturated carbocycles. The van der Waals surface area contributed by atoms with Crippen molar-refractivity contribution in [2.24, 2.45) is 0 Å². The molecule has 1 aromatic heterocycles. The van der Waals surface area contributed by atoms with Crippen LogP contribution in [-0.2, 0) is 6.54 Å². The largest absolute Gasteiger partial charge is 0.495 e. The Labute approximate surface area is 165 Å². The van der Waals surface area contributed by atoms with E-state index in [9.17, 15) is 4.79 Å². The molecule has 0 atom stereocenters.